The van der Waals surface area contributed by atoms with Crippen molar-refractivity contribution in [2.24, 2.45) is 5.92 Å². The number of halogens is 3. The lowest BCUT2D eigenvalue weighted by Gasteiger charge is -2.39. The van der Waals surface area contributed by atoms with E-state index in [1.54, 1.807) is 12.1 Å². The maximum absolute atomic E-state index is 13.4. The van der Waals surface area contributed by atoms with E-state index in [-0.39, 0.29) is 18.2 Å². The molecule has 21 heavy (non-hydrogen) atoms. The lowest BCUT2D eigenvalue weighted by molar-refractivity contribution is 0.125. The molecule has 0 amide bonds. The van der Waals surface area contributed by atoms with Crippen molar-refractivity contribution >= 4 is 28.3 Å². The Balaban J connectivity index is 0.00000161. The number of hydrogen-bond acceptors (Lipinski definition) is 2. The molecule has 1 aromatic rings. The number of rotatable bonds is 3. The largest absolute Gasteiger partial charge is 0.314 e. The van der Waals surface area contributed by atoms with Gasteiger partial charge in [-0.25, -0.2) is 4.39 Å². The van der Waals surface area contributed by atoms with Gasteiger partial charge in [-0.2, -0.15) is 0 Å². The van der Waals surface area contributed by atoms with Gasteiger partial charge in [-0.05, 0) is 36.5 Å². The van der Waals surface area contributed by atoms with E-state index >= 15 is 0 Å². The molecule has 2 nitrogen and oxygen atoms in total. The molecule has 0 aromatic heterocycles. The van der Waals surface area contributed by atoms with E-state index in [1.165, 1.54) is 31.2 Å². The van der Waals surface area contributed by atoms with Gasteiger partial charge in [0.2, 0.25) is 0 Å². The van der Waals surface area contributed by atoms with Gasteiger partial charge in [0.1, 0.15) is 5.82 Å². The maximum Gasteiger partial charge on any atom is 0.124 e. The number of hydrogen-bond donors (Lipinski definition) is 1. The topological polar surface area (TPSA) is 15.3 Å². The third-order valence-electron chi connectivity index (χ3n) is 4.67. The van der Waals surface area contributed by atoms with Crippen LogP contribution in [0.5, 0.6) is 0 Å². The highest BCUT2D eigenvalue weighted by Gasteiger charge is 2.32. The van der Waals surface area contributed by atoms with Gasteiger partial charge in [0.05, 0.1) is 0 Å². The first-order valence-corrected chi connectivity index (χ1v) is 8.45. The maximum atomic E-state index is 13.4. The fraction of sp³-hybridized carbons (Fsp3) is 0.625. The van der Waals surface area contributed by atoms with E-state index in [9.17, 15) is 4.39 Å². The summed E-state index contributed by atoms with van der Waals surface area (Å²) in [5, 5.41) is 3.42. The Bertz CT molecular complexity index is 460. The van der Waals surface area contributed by atoms with E-state index in [2.05, 4.69) is 26.1 Å². The molecule has 0 radical (unpaired) electrons. The van der Waals surface area contributed by atoms with Crippen molar-refractivity contribution in [3.05, 3.63) is 34.1 Å². The third kappa shape index (κ3) is 3.98. The van der Waals surface area contributed by atoms with Crippen LogP contribution in [0.25, 0.3) is 0 Å². The van der Waals surface area contributed by atoms with Crippen LogP contribution in [-0.2, 0) is 0 Å². The smallest absolute Gasteiger partial charge is 0.124 e. The second kappa shape index (κ2) is 7.91. The first-order chi connectivity index (χ1) is 9.75. The minimum Gasteiger partial charge on any atom is -0.314 e. The summed E-state index contributed by atoms with van der Waals surface area (Å²) in [6.45, 7) is 4.29. The Morgan fingerprint density at radius 2 is 1.86 bits per heavy atom. The van der Waals surface area contributed by atoms with Gasteiger partial charge in [0, 0.05) is 36.7 Å². The fourth-order valence-corrected chi connectivity index (χ4v) is 4.31. The predicted octanol–water partition coefficient (Wildman–Crippen LogP) is 4.15. The molecular formula is C16H23BrClFN2. The molecule has 1 saturated carbocycles. The van der Waals surface area contributed by atoms with Gasteiger partial charge >= 0.3 is 0 Å². The number of piperazine rings is 1. The van der Waals surface area contributed by atoms with Crippen molar-refractivity contribution in [2.75, 3.05) is 26.2 Å². The molecule has 1 aliphatic heterocycles. The SMILES string of the molecule is Cl.Fc1ccc([C@@H](C2CCCC2)N2CCNCC2)c(Br)c1. The summed E-state index contributed by atoms with van der Waals surface area (Å²) in [5.74, 6) is 0.556. The van der Waals surface area contributed by atoms with E-state index in [0.717, 1.165) is 36.6 Å². The Labute approximate surface area is 141 Å². The Hall–Kier alpha value is -0.160. The first kappa shape index (κ1) is 17.2. The van der Waals surface area contributed by atoms with E-state index < -0.39 is 0 Å². The number of benzene rings is 1. The first-order valence-electron chi connectivity index (χ1n) is 7.65. The summed E-state index contributed by atoms with van der Waals surface area (Å²) in [5.41, 5.74) is 1.26. The lowest BCUT2D eigenvalue weighted by Crippen LogP contribution is -2.46. The van der Waals surface area contributed by atoms with Crippen LogP contribution in [0.3, 0.4) is 0 Å². The molecule has 1 aromatic carbocycles. The standard InChI is InChI=1S/C16H22BrFN2.ClH/c17-15-11-13(18)5-6-14(15)16(12-3-1-2-4-12)20-9-7-19-8-10-20;/h5-6,11-12,16,19H,1-4,7-10H2;1H/t16-;/m1./s1. The zero-order chi connectivity index (χ0) is 13.9. The molecule has 1 aliphatic carbocycles. The molecule has 1 heterocycles. The van der Waals surface area contributed by atoms with Crippen molar-refractivity contribution < 1.29 is 4.39 Å². The van der Waals surface area contributed by atoms with Crippen molar-refractivity contribution in [3.8, 4) is 0 Å². The Morgan fingerprint density at radius 1 is 1.19 bits per heavy atom. The summed E-state index contributed by atoms with van der Waals surface area (Å²) in [4.78, 5) is 2.59. The van der Waals surface area contributed by atoms with Gasteiger partial charge in [0.25, 0.3) is 0 Å². The summed E-state index contributed by atoms with van der Waals surface area (Å²) in [6, 6.07) is 5.63. The lowest BCUT2D eigenvalue weighted by atomic mass is 9.89. The van der Waals surface area contributed by atoms with Crippen LogP contribution in [0.1, 0.15) is 37.3 Å². The van der Waals surface area contributed by atoms with E-state index in [1.807, 2.05) is 6.07 Å². The highest BCUT2D eigenvalue weighted by Crippen LogP contribution is 2.42. The molecule has 1 atom stereocenters. The number of nitrogens with zero attached hydrogens (tertiary/aromatic N) is 1. The molecule has 0 spiro atoms. The molecule has 1 saturated heterocycles. The van der Waals surface area contributed by atoms with Crippen LogP contribution in [0.15, 0.2) is 22.7 Å². The monoisotopic (exact) mass is 376 g/mol. The Kier molecular flexibility index (Phi) is 6.48. The van der Waals surface area contributed by atoms with Gasteiger partial charge in [-0.15, -0.1) is 12.4 Å². The predicted molar refractivity (Wildman–Crippen MR) is 90.5 cm³/mol. The molecule has 0 bridgehead atoms. The van der Waals surface area contributed by atoms with Crippen LogP contribution >= 0.6 is 28.3 Å². The van der Waals surface area contributed by atoms with E-state index in [4.69, 9.17) is 0 Å². The summed E-state index contributed by atoms with van der Waals surface area (Å²) in [7, 11) is 0. The van der Waals surface area contributed by atoms with Gasteiger partial charge in [0.15, 0.2) is 0 Å². The van der Waals surface area contributed by atoms with Crippen molar-refractivity contribution in [1.29, 1.82) is 0 Å². The van der Waals surface area contributed by atoms with Crippen molar-refractivity contribution in [3.63, 3.8) is 0 Å². The van der Waals surface area contributed by atoms with Gasteiger partial charge < -0.3 is 5.32 Å². The molecule has 1 N–H and O–H groups in total. The number of nitrogens with one attached hydrogen (secondary N) is 1. The highest BCUT2D eigenvalue weighted by molar-refractivity contribution is 9.10. The molecule has 2 aliphatic rings. The normalized spacial score (nSPS) is 22.0. The van der Waals surface area contributed by atoms with Crippen molar-refractivity contribution in [2.45, 2.75) is 31.7 Å². The van der Waals surface area contributed by atoms with Gasteiger partial charge in [-0.1, -0.05) is 34.8 Å². The van der Waals surface area contributed by atoms with Crippen LogP contribution < -0.4 is 5.32 Å². The quantitative estimate of drug-likeness (QED) is 0.851. The minimum absolute atomic E-state index is 0. The van der Waals surface area contributed by atoms with Crippen LogP contribution in [0, 0.1) is 11.7 Å². The third-order valence-corrected chi connectivity index (χ3v) is 5.36. The Morgan fingerprint density at radius 3 is 2.48 bits per heavy atom. The van der Waals surface area contributed by atoms with Gasteiger partial charge in [-0.3, -0.25) is 4.90 Å². The van der Waals surface area contributed by atoms with E-state index in [0.29, 0.717) is 6.04 Å². The summed E-state index contributed by atoms with van der Waals surface area (Å²) in [6.07, 6.45) is 5.29. The zero-order valence-electron chi connectivity index (χ0n) is 12.2. The average molecular weight is 378 g/mol. The molecule has 5 heteroatoms. The van der Waals surface area contributed by atoms with Crippen LogP contribution in [0.2, 0.25) is 0 Å². The van der Waals surface area contributed by atoms with Crippen LogP contribution in [0.4, 0.5) is 4.39 Å². The second-order valence-corrected chi connectivity index (χ2v) is 6.80. The zero-order valence-corrected chi connectivity index (χ0v) is 14.6. The highest BCUT2D eigenvalue weighted by atomic mass is 79.9. The molecule has 3 rings (SSSR count). The fourth-order valence-electron chi connectivity index (χ4n) is 3.72. The summed E-state index contributed by atoms with van der Waals surface area (Å²) >= 11 is 3.58. The summed E-state index contributed by atoms with van der Waals surface area (Å²) < 4.78 is 14.3. The second-order valence-electron chi connectivity index (χ2n) is 5.94. The molecule has 118 valence electrons. The van der Waals surface area contributed by atoms with Crippen molar-refractivity contribution in [1.82, 2.24) is 10.2 Å². The molecule has 2 fully saturated rings. The van der Waals surface area contributed by atoms with Crippen LogP contribution in [-0.4, -0.2) is 31.1 Å². The molecular weight excluding hydrogens is 355 g/mol. The molecule has 0 unspecified atom stereocenters. The minimum atomic E-state index is -0.161. The average Bonchev–Trinajstić information content (AvgIpc) is 2.97.